The Labute approximate surface area is 118 Å². The van der Waals surface area contributed by atoms with Crippen molar-refractivity contribution in [2.45, 2.75) is 19.4 Å². The Balaban J connectivity index is 0.00000162. The van der Waals surface area contributed by atoms with Gasteiger partial charge in [-0.05, 0) is 44.0 Å². The lowest BCUT2D eigenvalue weighted by Gasteiger charge is -2.22. The molecule has 102 valence electrons. The second kappa shape index (κ2) is 7.95. The van der Waals surface area contributed by atoms with Crippen molar-refractivity contribution in [1.82, 2.24) is 5.32 Å². The molecule has 0 bridgehead atoms. The van der Waals surface area contributed by atoms with Crippen LogP contribution in [0.25, 0.3) is 0 Å². The molecule has 0 spiro atoms. The van der Waals surface area contributed by atoms with Crippen molar-refractivity contribution in [2.75, 3.05) is 19.7 Å². The van der Waals surface area contributed by atoms with E-state index in [4.69, 9.17) is 16.3 Å². The SMILES string of the molecule is Cl.Fc1cccc(Cl)c1COCC1CCNCC1. The Hall–Kier alpha value is -0.350. The topological polar surface area (TPSA) is 21.3 Å². The number of ether oxygens (including phenoxy) is 1. The van der Waals surface area contributed by atoms with Gasteiger partial charge in [-0.3, -0.25) is 0 Å². The molecule has 0 atom stereocenters. The molecule has 2 nitrogen and oxygen atoms in total. The van der Waals surface area contributed by atoms with Crippen molar-refractivity contribution in [1.29, 1.82) is 0 Å². The fourth-order valence-corrected chi connectivity index (χ4v) is 2.26. The molecule has 0 aromatic heterocycles. The molecule has 1 saturated heterocycles. The molecule has 1 aliphatic rings. The fourth-order valence-electron chi connectivity index (χ4n) is 2.05. The number of nitrogens with one attached hydrogen (secondary N) is 1. The van der Waals surface area contributed by atoms with Gasteiger partial charge in [-0.15, -0.1) is 12.4 Å². The molecule has 5 heteroatoms. The summed E-state index contributed by atoms with van der Waals surface area (Å²) in [5.41, 5.74) is 0.461. The van der Waals surface area contributed by atoms with E-state index < -0.39 is 0 Å². The third-order valence-corrected chi connectivity index (χ3v) is 3.47. The Morgan fingerprint density at radius 2 is 2.06 bits per heavy atom. The van der Waals surface area contributed by atoms with Gasteiger partial charge in [-0.25, -0.2) is 4.39 Å². The summed E-state index contributed by atoms with van der Waals surface area (Å²) in [4.78, 5) is 0. The van der Waals surface area contributed by atoms with E-state index in [0.717, 1.165) is 25.9 Å². The van der Waals surface area contributed by atoms with E-state index in [1.165, 1.54) is 6.07 Å². The van der Waals surface area contributed by atoms with Gasteiger partial charge < -0.3 is 10.1 Å². The van der Waals surface area contributed by atoms with Crippen LogP contribution in [-0.2, 0) is 11.3 Å². The van der Waals surface area contributed by atoms with Crippen molar-refractivity contribution in [3.05, 3.63) is 34.6 Å². The number of hydrogen-bond acceptors (Lipinski definition) is 2. The van der Waals surface area contributed by atoms with E-state index >= 15 is 0 Å². The third-order valence-electron chi connectivity index (χ3n) is 3.12. The van der Waals surface area contributed by atoms with Crippen molar-refractivity contribution < 1.29 is 9.13 Å². The quantitative estimate of drug-likeness (QED) is 0.918. The summed E-state index contributed by atoms with van der Waals surface area (Å²) in [5, 5.41) is 3.74. The maximum Gasteiger partial charge on any atom is 0.130 e. The summed E-state index contributed by atoms with van der Waals surface area (Å²) < 4.78 is 19.0. The molecule has 1 fully saturated rings. The lowest BCUT2D eigenvalue weighted by molar-refractivity contribution is 0.0747. The van der Waals surface area contributed by atoms with E-state index in [2.05, 4.69) is 5.32 Å². The molecule has 0 saturated carbocycles. The molecule has 1 N–H and O–H groups in total. The number of halogens is 3. The normalized spacial score (nSPS) is 16.3. The molecular weight excluding hydrogens is 276 g/mol. The van der Waals surface area contributed by atoms with Crippen molar-refractivity contribution in [2.24, 2.45) is 5.92 Å². The maximum absolute atomic E-state index is 13.4. The van der Waals surface area contributed by atoms with Crippen LogP contribution in [0.3, 0.4) is 0 Å². The predicted molar refractivity (Wildman–Crippen MR) is 73.9 cm³/mol. The number of hydrogen-bond donors (Lipinski definition) is 1. The highest BCUT2D eigenvalue weighted by Gasteiger charge is 2.14. The van der Waals surface area contributed by atoms with Gasteiger partial charge >= 0.3 is 0 Å². The van der Waals surface area contributed by atoms with E-state index in [1.54, 1.807) is 12.1 Å². The van der Waals surface area contributed by atoms with Crippen molar-refractivity contribution in [3.63, 3.8) is 0 Å². The Bertz CT molecular complexity index is 350. The first-order chi connectivity index (χ1) is 8.27. The summed E-state index contributed by atoms with van der Waals surface area (Å²) in [5.74, 6) is 0.296. The Morgan fingerprint density at radius 1 is 1.33 bits per heavy atom. The average Bonchev–Trinajstić information content (AvgIpc) is 2.34. The fraction of sp³-hybridized carbons (Fsp3) is 0.538. The molecule has 0 aliphatic carbocycles. The summed E-state index contributed by atoms with van der Waals surface area (Å²) in [6.07, 6.45) is 2.26. The summed E-state index contributed by atoms with van der Waals surface area (Å²) >= 11 is 5.92. The van der Waals surface area contributed by atoms with Crippen LogP contribution >= 0.6 is 24.0 Å². The zero-order chi connectivity index (χ0) is 12.1. The summed E-state index contributed by atoms with van der Waals surface area (Å²) in [6.45, 7) is 3.05. The molecule has 2 rings (SSSR count). The average molecular weight is 294 g/mol. The molecule has 1 aromatic carbocycles. The zero-order valence-electron chi connectivity index (χ0n) is 10.1. The van der Waals surface area contributed by atoms with Crippen molar-refractivity contribution >= 4 is 24.0 Å². The summed E-state index contributed by atoms with van der Waals surface area (Å²) in [7, 11) is 0. The first-order valence-electron chi connectivity index (χ1n) is 5.98. The molecule has 1 aromatic rings. The van der Waals surface area contributed by atoms with Gasteiger partial charge in [0.15, 0.2) is 0 Å². The zero-order valence-corrected chi connectivity index (χ0v) is 11.7. The van der Waals surface area contributed by atoms with Crippen LogP contribution in [0.4, 0.5) is 4.39 Å². The first kappa shape index (κ1) is 15.7. The minimum atomic E-state index is -0.289. The highest BCUT2D eigenvalue weighted by atomic mass is 35.5. The highest BCUT2D eigenvalue weighted by Crippen LogP contribution is 2.20. The molecular formula is C13H18Cl2FNO. The third kappa shape index (κ3) is 4.39. The lowest BCUT2D eigenvalue weighted by Crippen LogP contribution is -2.29. The molecule has 0 unspecified atom stereocenters. The Morgan fingerprint density at radius 3 is 2.72 bits per heavy atom. The maximum atomic E-state index is 13.4. The van der Waals surface area contributed by atoms with Gasteiger partial charge in [0.05, 0.1) is 6.61 Å². The summed E-state index contributed by atoms with van der Waals surface area (Å²) in [6, 6.07) is 4.71. The van der Waals surface area contributed by atoms with Gasteiger partial charge in [-0.2, -0.15) is 0 Å². The largest absolute Gasteiger partial charge is 0.376 e. The van der Waals surface area contributed by atoms with Crippen LogP contribution in [0.2, 0.25) is 5.02 Å². The van der Waals surface area contributed by atoms with Gasteiger partial charge in [0.25, 0.3) is 0 Å². The number of piperidine rings is 1. The van der Waals surface area contributed by atoms with E-state index in [9.17, 15) is 4.39 Å². The second-order valence-corrected chi connectivity index (χ2v) is 4.82. The van der Waals surface area contributed by atoms with Gasteiger partial charge in [0, 0.05) is 17.2 Å². The molecule has 0 amide bonds. The highest BCUT2D eigenvalue weighted by molar-refractivity contribution is 6.31. The minimum absolute atomic E-state index is 0. The first-order valence-corrected chi connectivity index (χ1v) is 6.36. The van der Waals surface area contributed by atoms with Crippen LogP contribution in [-0.4, -0.2) is 19.7 Å². The minimum Gasteiger partial charge on any atom is -0.376 e. The molecule has 0 radical (unpaired) electrons. The number of rotatable bonds is 4. The van der Waals surface area contributed by atoms with Gasteiger partial charge in [-0.1, -0.05) is 17.7 Å². The predicted octanol–water partition coefficient (Wildman–Crippen LogP) is 3.42. The molecule has 1 heterocycles. The lowest BCUT2D eigenvalue weighted by atomic mass is 9.99. The van der Waals surface area contributed by atoms with Gasteiger partial charge in [0.1, 0.15) is 5.82 Å². The number of benzene rings is 1. The monoisotopic (exact) mass is 293 g/mol. The molecule has 1 aliphatic heterocycles. The Kier molecular flexibility index (Phi) is 6.94. The second-order valence-electron chi connectivity index (χ2n) is 4.41. The van der Waals surface area contributed by atoms with Crippen LogP contribution in [0, 0.1) is 11.7 Å². The van der Waals surface area contributed by atoms with E-state index in [-0.39, 0.29) is 24.8 Å². The van der Waals surface area contributed by atoms with Crippen molar-refractivity contribution in [3.8, 4) is 0 Å². The van der Waals surface area contributed by atoms with E-state index in [1.807, 2.05) is 0 Å². The van der Waals surface area contributed by atoms with E-state index in [0.29, 0.717) is 23.1 Å². The van der Waals surface area contributed by atoms with Crippen LogP contribution in [0.1, 0.15) is 18.4 Å². The van der Waals surface area contributed by atoms with Gasteiger partial charge in [0.2, 0.25) is 0 Å². The smallest absolute Gasteiger partial charge is 0.130 e. The molecule has 18 heavy (non-hydrogen) atoms. The van der Waals surface area contributed by atoms with Crippen LogP contribution < -0.4 is 5.32 Å². The van der Waals surface area contributed by atoms with Crippen LogP contribution in [0.15, 0.2) is 18.2 Å². The van der Waals surface area contributed by atoms with Crippen LogP contribution in [0.5, 0.6) is 0 Å². The standard InChI is InChI=1S/C13H17ClFNO.ClH/c14-12-2-1-3-13(15)11(12)9-17-8-10-4-6-16-7-5-10;/h1-3,10,16H,4-9H2;1H.